The summed E-state index contributed by atoms with van der Waals surface area (Å²) in [6, 6.07) is 8.47. The number of hydrogen-bond acceptors (Lipinski definition) is 9. The number of benzene rings is 1. The van der Waals surface area contributed by atoms with E-state index in [0.717, 1.165) is 32.5 Å². The monoisotopic (exact) mass is 580 g/mol. The number of rotatable bonds is 9. The predicted molar refractivity (Wildman–Crippen MR) is 148 cm³/mol. The third-order valence-electron chi connectivity index (χ3n) is 6.51. The van der Waals surface area contributed by atoms with Crippen molar-refractivity contribution < 1.29 is 22.4 Å². The van der Waals surface area contributed by atoms with Crippen LogP contribution in [0.4, 0.5) is 34.9 Å². The lowest BCUT2D eigenvalue weighted by Crippen LogP contribution is -2.44. The average molecular weight is 581 g/mol. The lowest BCUT2D eigenvalue weighted by Gasteiger charge is -2.37. The van der Waals surface area contributed by atoms with Crippen LogP contribution in [0.2, 0.25) is 0 Å². The Bertz CT molecular complexity index is 1230. The highest BCUT2D eigenvalue weighted by Crippen LogP contribution is 2.31. The number of nitrogens with zero attached hydrogens (tertiary/aromatic N) is 4. The van der Waals surface area contributed by atoms with E-state index in [2.05, 4.69) is 25.4 Å². The normalized spacial score (nSPS) is 19.1. The van der Waals surface area contributed by atoms with Gasteiger partial charge in [-0.25, -0.2) is 14.4 Å². The summed E-state index contributed by atoms with van der Waals surface area (Å²) in [6.07, 6.45) is -3.04. The summed E-state index contributed by atoms with van der Waals surface area (Å²) >= 11 is 1.25. The summed E-state index contributed by atoms with van der Waals surface area (Å²) in [7, 11) is 0. The predicted octanol–water partition coefficient (Wildman–Crippen LogP) is 4.78. The van der Waals surface area contributed by atoms with Crippen molar-refractivity contribution in [3.63, 3.8) is 0 Å². The molecule has 4 rings (SSSR count). The van der Waals surface area contributed by atoms with Crippen molar-refractivity contribution in [2.45, 2.75) is 61.0 Å². The molecule has 9 nitrogen and oxygen atoms in total. The van der Waals surface area contributed by atoms with Crippen LogP contribution in [0.3, 0.4) is 0 Å². The molecule has 2 aromatic rings. The Labute approximate surface area is 234 Å². The molecular weight excluding hydrogens is 548 g/mol. The summed E-state index contributed by atoms with van der Waals surface area (Å²) in [5, 5.41) is 13.3. The zero-order valence-electron chi connectivity index (χ0n) is 22.0. The second-order valence-corrected chi connectivity index (χ2v) is 10.9. The van der Waals surface area contributed by atoms with Crippen molar-refractivity contribution in [1.82, 2.24) is 14.9 Å². The number of aromatic nitrogens is 2. The molecular formula is C26H32F4N8OS. The summed E-state index contributed by atoms with van der Waals surface area (Å²) in [6.45, 7) is 4.38. The van der Waals surface area contributed by atoms with E-state index < -0.39 is 24.7 Å². The first-order valence-corrected chi connectivity index (χ1v) is 13.7. The van der Waals surface area contributed by atoms with Gasteiger partial charge in [-0.1, -0.05) is 0 Å². The minimum atomic E-state index is -4.58. The molecule has 1 unspecified atom stereocenters. The van der Waals surface area contributed by atoms with E-state index in [0.29, 0.717) is 40.7 Å². The Hall–Kier alpha value is -3.39. The third kappa shape index (κ3) is 8.81. The van der Waals surface area contributed by atoms with Crippen LogP contribution < -0.4 is 21.3 Å². The second kappa shape index (κ2) is 12.9. The number of carbonyl (C=O) groups excluding carboxylic acids is 1. The minimum Gasteiger partial charge on any atom is -0.385 e. The smallest absolute Gasteiger partial charge is 0.385 e. The first-order chi connectivity index (χ1) is 18.9. The fourth-order valence-electron chi connectivity index (χ4n) is 4.74. The highest BCUT2D eigenvalue weighted by atomic mass is 32.2. The number of carbonyl (C=O) groups is 1. The van der Waals surface area contributed by atoms with Gasteiger partial charge in [0.2, 0.25) is 5.91 Å². The molecule has 2 fully saturated rings. The number of amides is 1. The van der Waals surface area contributed by atoms with Crippen LogP contribution >= 0.6 is 11.8 Å². The first-order valence-electron chi connectivity index (χ1n) is 12.9. The quantitative estimate of drug-likeness (QED) is 0.190. The van der Waals surface area contributed by atoms with Crippen LogP contribution in [-0.4, -0.2) is 71.1 Å². The molecule has 0 aliphatic carbocycles. The van der Waals surface area contributed by atoms with Gasteiger partial charge in [0, 0.05) is 54.6 Å². The fourth-order valence-corrected chi connectivity index (χ4v) is 5.50. The molecule has 2 aliphatic rings. The molecule has 40 heavy (non-hydrogen) atoms. The van der Waals surface area contributed by atoms with E-state index >= 15 is 0 Å². The maximum Gasteiger partial charge on any atom is 0.397 e. The molecule has 2 saturated heterocycles. The van der Waals surface area contributed by atoms with E-state index in [9.17, 15) is 22.4 Å². The van der Waals surface area contributed by atoms with Crippen LogP contribution in [0.15, 0.2) is 52.3 Å². The van der Waals surface area contributed by atoms with E-state index in [1.165, 1.54) is 30.0 Å². The Kier molecular flexibility index (Phi) is 9.51. The number of alkyl halides is 4. The van der Waals surface area contributed by atoms with E-state index in [1.807, 2.05) is 0 Å². The van der Waals surface area contributed by atoms with Crippen LogP contribution in [0.5, 0.6) is 0 Å². The number of likely N-dealkylation sites (tertiary alicyclic amines) is 1. The molecule has 216 valence electrons. The summed E-state index contributed by atoms with van der Waals surface area (Å²) in [5.74, 6) is 0.253. The number of nitrogens with one attached hydrogen (secondary N) is 3. The Morgan fingerprint density at radius 1 is 1.15 bits per heavy atom. The van der Waals surface area contributed by atoms with Gasteiger partial charge in [0.05, 0.1) is 0 Å². The van der Waals surface area contributed by atoms with Gasteiger partial charge in [0.15, 0.2) is 5.16 Å². The van der Waals surface area contributed by atoms with Gasteiger partial charge < -0.3 is 26.7 Å². The number of hydrogen-bond donors (Lipinski definition) is 4. The molecule has 14 heteroatoms. The maximum atomic E-state index is 13.7. The highest BCUT2D eigenvalue weighted by Gasteiger charge is 2.32. The van der Waals surface area contributed by atoms with Gasteiger partial charge in [-0.3, -0.25) is 9.69 Å². The Morgan fingerprint density at radius 3 is 2.45 bits per heavy atom. The first kappa shape index (κ1) is 29.6. The van der Waals surface area contributed by atoms with Gasteiger partial charge in [0.1, 0.15) is 30.0 Å². The van der Waals surface area contributed by atoms with Gasteiger partial charge in [-0.05, 0) is 68.3 Å². The van der Waals surface area contributed by atoms with Gasteiger partial charge >= 0.3 is 6.18 Å². The van der Waals surface area contributed by atoms with Crippen molar-refractivity contribution >= 4 is 40.7 Å². The largest absolute Gasteiger partial charge is 0.397 e. The van der Waals surface area contributed by atoms with Crippen molar-refractivity contribution in [3.8, 4) is 0 Å². The zero-order valence-corrected chi connectivity index (χ0v) is 22.8. The number of halogens is 4. The molecule has 2 aliphatic heterocycles. The number of anilines is 3. The van der Waals surface area contributed by atoms with E-state index in [4.69, 9.17) is 16.1 Å². The van der Waals surface area contributed by atoms with Crippen LogP contribution in [0.25, 0.3) is 0 Å². The SMILES string of the molecule is CC(=N)/C=C(\N)Nc1cc(N2CCC(N3CCC(F)C3)CC2)nc(Sc2ccc(NC(=O)CC(F)(F)F)cc2)n1. The second-order valence-electron chi connectivity index (χ2n) is 9.87. The lowest BCUT2D eigenvalue weighted by atomic mass is 10.0. The van der Waals surface area contributed by atoms with Crippen LogP contribution in [0, 0.1) is 5.41 Å². The third-order valence-corrected chi connectivity index (χ3v) is 7.38. The fraction of sp³-hybridized carbons (Fsp3) is 0.462. The summed E-state index contributed by atoms with van der Waals surface area (Å²) in [4.78, 5) is 26.0. The van der Waals surface area contributed by atoms with E-state index in [1.54, 1.807) is 25.1 Å². The molecule has 1 aromatic heterocycles. The summed E-state index contributed by atoms with van der Waals surface area (Å²) < 4.78 is 51.0. The van der Waals surface area contributed by atoms with E-state index in [-0.39, 0.29) is 17.2 Å². The van der Waals surface area contributed by atoms with Crippen molar-refractivity contribution in [3.05, 3.63) is 42.2 Å². The molecule has 5 N–H and O–H groups in total. The van der Waals surface area contributed by atoms with Gasteiger partial charge in [0.25, 0.3) is 0 Å². The standard InChI is InChI=1S/C26H32F4N8OS/c1-16(31)12-21(32)34-22-13-23(37-10-7-19(8-11-37)38-9-6-17(27)15-38)36-25(35-22)40-20-4-2-18(3-5-20)33-24(39)14-26(28,29)30/h2-5,12-13,17,19,31H,6-11,14-15,32H2,1H3,(H,33,39)(H,34,35,36)/b21-12+,31-16?. The van der Waals surface area contributed by atoms with Crippen molar-refractivity contribution in [2.75, 3.05) is 41.7 Å². The summed E-state index contributed by atoms with van der Waals surface area (Å²) in [5.41, 5.74) is 6.54. The van der Waals surface area contributed by atoms with Crippen molar-refractivity contribution in [1.29, 1.82) is 5.41 Å². The number of piperidine rings is 1. The molecule has 0 saturated carbocycles. The molecule has 0 radical (unpaired) electrons. The average Bonchev–Trinajstić information content (AvgIpc) is 3.30. The van der Waals surface area contributed by atoms with Crippen molar-refractivity contribution in [2.24, 2.45) is 5.73 Å². The highest BCUT2D eigenvalue weighted by molar-refractivity contribution is 7.99. The minimum absolute atomic E-state index is 0.246. The van der Waals surface area contributed by atoms with Crippen LogP contribution in [-0.2, 0) is 4.79 Å². The molecule has 3 heterocycles. The number of allylic oxidation sites excluding steroid dienone is 1. The zero-order chi connectivity index (χ0) is 28.9. The molecule has 0 spiro atoms. The van der Waals surface area contributed by atoms with Gasteiger partial charge in [-0.2, -0.15) is 13.2 Å². The van der Waals surface area contributed by atoms with Gasteiger partial charge in [-0.15, -0.1) is 0 Å². The molecule has 0 bridgehead atoms. The molecule has 1 aromatic carbocycles. The Balaban J connectivity index is 1.47. The molecule has 1 atom stereocenters. The topological polar surface area (TPSA) is 123 Å². The lowest BCUT2D eigenvalue weighted by molar-refractivity contribution is -0.150. The Morgan fingerprint density at radius 2 is 1.85 bits per heavy atom. The number of nitrogens with two attached hydrogens (primary N) is 1. The maximum absolute atomic E-state index is 13.7. The van der Waals surface area contributed by atoms with Crippen LogP contribution in [0.1, 0.15) is 32.6 Å². The molecule has 1 amide bonds.